The highest BCUT2D eigenvalue weighted by atomic mass is 15.0. The number of nitrogens with zero attached hydrogens (tertiary/aromatic N) is 3. The van der Waals surface area contributed by atoms with Crippen LogP contribution in [0, 0.1) is 0 Å². The van der Waals surface area contributed by atoms with E-state index in [1.54, 1.807) is 11.1 Å². The third-order valence-corrected chi connectivity index (χ3v) is 17.4. The maximum atomic E-state index is 4.91. The Labute approximate surface area is 451 Å². The molecule has 0 radical (unpaired) electrons. The van der Waals surface area contributed by atoms with Gasteiger partial charge in [-0.25, -0.2) is 4.98 Å². The fraction of sp³-hybridized carbons (Fsp3) is 0.260. The molecular formula is C73H71N3. The van der Waals surface area contributed by atoms with Gasteiger partial charge in [-0.3, -0.25) is 4.98 Å². The zero-order chi connectivity index (χ0) is 51.5. The number of unbranched alkanes of at least 4 members (excludes halogenated alkanes) is 10. The van der Waals surface area contributed by atoms with E-state index in [1.807, 2.05) is 18.6 Å². The van der Waals surface area contributed by atoms with E-state index in [4.69, 9.17) is 9.97 Å². The van der Waals surface area contributed by atoms with Crippen molar-refractivity contribution in [2.75, 3.05) is 0 Å². The summed E-state index contributed by atoms with van der Waals surface area (Å²) in [6, 6.07) is 71.8. The van der Waals surface area contributed by atoms with Crippen LogP contribution in [-0.2, 0) is 17.9 Å². The molecular weight excluding hydrogens is 919 g/mol. The Balaban J connectivity index is 1.01. The number of benzene rings is 8. The SMILES string of the molecule is CCCCCCCCC1(CCCCCCCC)c2ccccc2-c2cc3c(cc21)-c1ccccc1C3(c1ccc(-c2cccc(-c3nccc4ccccc34)c2)cc1)c1ccc(-c2cccc(-c3nccn3C)c2)cc1. The van der Waals surface area contributed by atoms with Crippen LogP contribution in [0.25, 0.3) is 77.9 Å². The Bertz CT molecular complexity index is 3630. The number of hydrogen-bond acceptors (Lipinski definition) is 2. The standard InChI is InChI=1S/C73H71N3/c1-4-6-8-10-12-20-43-72(44-21-13-11-9-7-5-2)66-32-18-16-30-62(66)64-51-69-65(50-68(64)72)63-31-17-19-33-67(63)73(69,60-40-36-53(37-41-60)56-26-23-28-58(49-56)71-75-46-47-76(71)3)59-38-34-52(35-39-59)55-25-22-27-57(48-55)70-61-29-15-14-24-54(61)42-45-74-70/h14-19,22-42,45-51H,4-13,20-21,43-44H2,1-3H3. The highest BCUT2D eigenvalue weighted by Crippen LogP contribution is 2.62. The lowest BCUT2D eigenvalue weighted by atomic mass is 9.66. The summed E-state index contributed by atoms with van der Waals surface area (Å²) in [5.41, 5.74) is 21.3. The van der Waals surface area contributed by atoms with Crippen molar-refractivity contribution in [1.29, 1.82) is 0 Å². The molecule has 378 valence electrons. The second-order valence-corrected chi connectivity index (χ2v) is 22.0. The van der Waals surface area contributed by atoms with Crippen LogP contribution in [0.5, 0.6) is 0 Å². The molecule has 1 unspecified atom stereocenters. The summed E-state index contributed by atoms with van der Waals surface area (Å²) < 4.78 is 2.09. The molecule has 2 aromatic heterocycles. The maximum absolute atomic E-state index is 4.91. The van der Waals surface area contributed by atoms with E-state index in [9.17, 15) is 0 Å². The molecule has 0 bridgehead atoms. The van der Waals surface area contributed by atoms with Crippen molar-refractivity contribution in [3.63, 3.8) is 0 Å². The molecule has 0 aliphatic heterocycles. The minimum Gasteiger partial charge on any atom is -0.334 e. The molecule has 0 amide bonds. The van der Waals surface area contributed by atoms with Crippen LogP contribution in [0.3, 0.4) is 0 Å². The topological polar surface area (TPSA) is 30.7 Å². The number of fused-ring (bicyclic) bond motifs is 7. The highest BCUT2D eigenvalue weighted by molar-refractivity contribution is 5.96. The lowest BCUT2D eigenvalue weighted by Crippen LogP contribution is -2.29. The van der Waals surface area contributed by atoms with E-state index >= 15 is 0 Å². The van der Waals surface area contributed by atoms with E-state index in [1.165, 1.54) is 167 Å². The number of aryl methyl sites for hydroxylation is 1. The fourth-order valence-electron chi connectivity index (χ4n) is 13.6. The first-order chi connectivity index (χ1) is 37.5. The predicted octanol–water partition coefficient (Wildman–Crippen LogP) is 19.8. The van der Waals surface area contributed by atoms with Gasteiger partial charge in [-0.15, -0.1) is 0 Å². The monoisotopic (exact) mass is 990 g/mol. The largest absolute Gasteiger partial charge is 0.334 e. The van der Waals surface area contributed by atoms with Crippen molar-refractivity contribution in [3.8, 4) is 67.2 Å². The Morgan fingerprint density at radius 1 is 0.382 bits per heavy atom. The summed E-state index contributed by atoms with van der Waals surface area (Å²) in [4.78, 5) is 9.60. The van der Waals surface area contributed by atoms with Gasteiger partial charge < -0.3 is 4.57 Å². The van der Waals surface area contributed by atoms with Crippen molar-refractivity contribution in [1.82, 2.24) is 14.5 Å². The summed E-state index contributed by atoms with van der Waals surface area (Å²) in [5.74, 6) is 0.967. The van der Waals surface area contributed by atoms with Gasteiger partial charge in [0.05, 0.1) is 11.1 Å². The van der Waals surface area contributed by atoms with E-state index in [0.29, 0.717) is 0 Å². The minimum atomic E-state index is -0.583. The first kappa shape index (κ1) is 49.3. The molecule has 0 saturated carbocycles. The van der Waals surface area contributed by atoms with Crippen molar-refractivity contribution >= 4 is 10.8 Å². The molecule has 0 N–H and O–H groups in total. The normalized spacial score (nSPS) is 14.9. The summed E-state index contributed by atoms with van der Waals surface area (Å²) in [6.45, 7) is 4.65. The van der Waals surface area contributed by atoms with Gasteiger partial charge in [0.15, 0.2) is 0 Å². The van der Waals surface area contributed by atoms with Gasteiger partial charge in [0.2, 0.25) is 0 Å². The summed E-state index contributed by atoms with van der Waals surface area (Å²) >= 11 is 0. The molecule has 0 fully saturated rings. The van der Waals surface area contributed by atoms with Crippen molar-refractivity contribution in [2.45, 2.75) is 115 Å². The van der Waals surface area contributed by atoms with Gasteiger partial charge in [0, 0.05) is 47.6 Å². The Morgan fingerprint density at radius 2 is 0.908 bits per heavy atom. The molecule has 2 aliphatic rings. The molecule has 3 heteroatoms. The lowest BCUT2D eigenvalue weighted by Gasteiger charge is -2.35. The Morgan fingerprint density at radius 3 is 1.55 bits per heavy atom. The molecule has 8 aromatic carbocycles. The van der Waals surface area contributed by atoms with Crippen molar-refractivity contribution in [2.24, 2.45) is 7.05 Å². The molecule has 3 nitrogen and oxygen atoms in total. The molecule has 12 rings (SSSR count). The second kappa shape index (κ2) is 21.5. The van der Waals surface area contributed by atoms with E-state index in [2.05, 4.69) is 214 Å². The molecule has 10 aromatic rings. The van der Waals surface area contributed by atoms with Crippen LogP contribution in [0.4, 0.5) is 0 Å². The highest BCUT2D eigenvalue weighted by Gasteiger charge is 2.50. The Kier molecular flexibility index (Phi) is 14.0. The zero-order valence-corrected chi connectivity index (χ0v) is 44.9. The van der Waals surface area contributed by atoms with Crippen LogP contribution >= 0.6 is 0 Å². The smallest absolute Gasteiger partial charge is 0.139 e. The van der Waals surface area contributed by atoms with Gasteiger partial charge in [0.25, 0.3) is 0 Å². The van der Waals surface area contributed by atoms with Gasteiger partial charge in [-0.05, 0) is 126 Å². The second-order valence-electron chi connectivity index (χ2n) is 22.0. The van der Waals surface area contributed by atoms with Gasteiger partial charge >= 0.3 is 0 Å². The van der Waals surface area contributed by atoms with E-state index in [-0.39, 0.29) is 5.41 Å². The first-order valence-electron chi connectivity index (χ1n) is 28.6. The van der Waals surface area contributed by atoms with E-state index < -0.39 is 5.41 Å². The van der Waals surface area contributed by atoms with Crippen molar-refractivity contribution < 1.29 is 0 Å². The molecule has 2 heterocycles. The number of aromatic nitrogens is 3. The van der Waals surface area contributed by atoms with Gasteiger partial charge in [-0.1, -0.05) is 249 Å². The third kappa shape index (κ3) is 8.82. The molecule has 1 atom stereocenters. The van der Waals surface area contributed by atoms with Crippen LogP contribution in [-0.4, -0.2) is 14.5 Å². The molecule has 0 spiro atoms. The van der Waals surface area contributed by atoms with Crippen LogP contribution in [0.15, 0.2) is 207 Å². The summed E-state index contributed by atoms with van der Waals surface area (Å²) in [7, 11) is 2.06. The minimum absolute atomic E-state index is 0.0144. The average molecular weight is 990 g/mol. The average Bonchev–Trinajstić information content (AvgIpc) is 4.13. The number of imidazole rings is 1. The lowest BCUT2D eigenvalue weighted by molar-refractivity contribution is 0.398. The molecule has 76 heavy (non-hydrogen) atoms. The van der Waals surface area contributed by atoms with E-state index in [0.717, 1.165) is 22.6 Å². The number of rotatable bonds is 20. The molecule has 0 saturated heterocycles. The number of hydrogen-bond donors (Lipinski definition) is 0. The van der Waals surface area contributed by atoms with Crippen molar-refractivity contribution in [3.05, 3.63) is 240 Å². The van der Waals surface area contributed by atoms with Crippen LogP contribution < -0.4 is 0 Å². The third-order valence-electron chi connectivity index (χ3n) is 17.4. The predicted molar refractivity (Wildman–Crippen MR) is 320 cm³/mol. The van der Waals surface area contributed by atoms with Crippen LogP contribution in [0.1, 0.15) is 137 Å². The maximum Gasteiger partial charge on any atom is 0.139 e. The van der Waals surface area contributed by atoms with Crippen LogP contribution in [0.2, 0.25) is 0 Å². The summed E-state index contributed by atoms with van der Waals surface area (Å²) in [5, 5.41) is 2.37. The number of pyridine rings is 1. The van der Waals surface area contributed by atoms with Gasteiger partial charge in [-0.2, -0.15) is 0 Å². The Hall–Kier alpha value is -7.62. The fourth-order valence-corrected chi connectivity index (χ4v) is 13.6. The first-order valence-corrected chi connectivity index (χ1v) is 28.6. The molecule has 2 aliphatic carbocycles. The quantitative estimate of drug-likeness (QED) is 0.0713. The van der Waals surface area contributed by atoms with Gasteiger partial charge in [0.1, 0.15) is 5.82 Å². The zero-order valence-electron chi connectivity index (χ0n) is 44.9. The summed E-state index contributed by atoms with van der Waals surface area (Å²) in [6.07, 6.45) is 23.9.